The largest absolute Gasteiger partial charge is 0.416 e. The Hall–Kier alpha value is -3.57. The first-order valence-electron chi connectivity index (χ1n) is 13.4. The molecule has 0 spiro atoms. The minimum absolute atomic E-state index is 0.0610. The van der Waals surface area contributed by atoms with E-state index in [1.165, 1.54) is 4.90 Å². The van der Waals surface area contributed by atoms with Crippen LogP contribution in [0.15, 0.2) is 72.8 Å². The van der Waals surface area contributed by atoms with E-state index in [0.717, 1.165) is 29.5 Å². The normalized spacial score (nSPS) is 12.9. The van der Waals surface area contributed by atoms with Gasteiger partial charge in [0.25, 0.3) is 0 Å². The van der Waals surface area contributed by atoms with Crippen LogP contribution in [0.25, 0.3) is 0 Å². The van der Waals surface area contributed by atoms with Crippen LogP contribution in [-0.2, 0) is 38.8 Å². The molecule has 0 saturated heterocycles. The molecule has 0 aliphatic heterocycles. The lowest BCUT2D eigenvalue weighted by molar-refractivity contribution is -0.140. The maximum Gasteiger partial charge on any atom is 0.416 e. The Bertz CT molecular complexity index is 1560. The molecule has 2 amide bonds. The highest BCUT2D eigenvalue weighted by Gasteiger charge is 2.36. The first-order valence-corrected chi connectivity index (χ1v) is 15.6. The standard InChI is InChI=1S/C31H35ClF3N3O4S/c1-21-11-9-10-14-23(21)19-37(27(29(40)36-30(2,3)4)17-22-12-7-6-8-13-22)28(39)20-38(43(5,41)42)26-18-24(31(33,34)35)15-16-25(26)32/h6-16,18,27H,17,19-20H2,1-5H3,(H,36,40)/t27-/m0/s1. The highest BCUT2D eigenvalue weighted by atomic mass is 35.5. The van der Waals surface area contributed by atoms with Gasteiger partial charge in [0.1, 0.15) is 12.6 Å². The summed E-state index contributed by atoms with van der Waals surface area (Å²) in [7, 11) is -4.31. The molecule has 43 heavy (non-hydrogen) atoms. The van der Waals surface area contributed by atoms with Crippen molar-refractivity contribution in [3.63, 3.8) is 0 Å². The minimum atomic E-state index is -4.78. The van der Waals surface area contributed by atoms with Crippen LogP contribution in [0.3, 0.4) is 0 Å². The van der Waals surface area contributed by atoms with Gasteiger partial charge in [-0.3, -0.25) is 13.9 Å². The molecule has 0 aromatic heterocycles. The summed E-state index contributed by atoms with van der Waals surface area (Å²) < 4.78 is 67.0. The van der Waals surface area contributed by atoms with E-state index < -0.39 is 57.4 Å². The Morgan fingerprint density at radius 1 is 0.953 bits per heavy atom. The molecule has 3 rings (SSSR count). The number of anilines is 1. The number of halogens is 4. The lowest BCUT2D eigenvalue weighted by atomic mass is 10.00. The molecule has 0 heterocycles. The van der Waals surface area contributed by atoms with Gasteiger partial charge < -0.3 is 10.2 Å². The summed E-state index contributed by atoms with van der Waals surface area (Å²) >= 11 is 6.19. The molecular formula is C31H35ClF3N3O4S. The van der Waals surface area contributed by atoms with Crippen LogP contribution in [-0.4, -0.2) is 49.5 Å². The number of aryl methyl sites for hydroxylation is 1. The van der Waals surface area contributed by atoms with Crippen LogP contribution in [0.1, 0.15) is 43.0 Å². The number of carbonyl (C=O) groups excluding carboxylic acids is 2. The predicted molar refractivity (Wildman–Crippen MR) is 162 cm³/mol. The molecule has 0 aliphatic rings. The van der Waals surface area contributed by atoms with Gasteiger partial charge in [-0.05, 0) is 62.6 Å². The first-order chi connectivity index (χ1) is 19.9. The number of benzene rings is 3. The van der Waals surface area contributed by atoms with E-state index in [1.54, 1.807) is 57.2 Å². The number of rotatable bonds is 10. The van der Waals surface area contributed by atoms with Crippen molar-refractivity contribution < 1.29 is 31.2 Å². The fourth-order valence-corrected chi connectivity index (χ4v) is 5.58. The van der Waals surface area contributed by atoms with Crippen molar-refractivity contribution in [1.29, 1.82) is 0 Å². The Labute approximate surface area is 255 Å². The van der Waals surface area contributed by atoms with Gasteiger partial charge in [0.2, 0.25) is 21.8 Å². The summed E-state index contributed by atoms with van der Waals surface area (Å²) in [5.74, 6) is -1.27. The average Bonchev–Trinajstić information content (AvgIpc) is 2.89. The van der Waals surface area contributed by atoms with Gasteiger partial charge >= 0.3 is 6.18 Å². The highest BCUT2D eigenvalue weighted by molar-refractivity contribution is 7.92. The Kier molecular flexibility index (Phi) is 10.6. The molecule has 3 aromatic carbocycles. The van der Waals surface area contributed by atoms with Crippen molar-refractivity contribution in [2.75, 3.05) is 17.1 Å². The second kappa shape index (κ2) is 13.4. The van der Waals surface area contributed by atoms with Crippen molar-refractivity contribution in [2.45, 2.75) is 58.4 Å². The van der Waals surface area contributed by atoms with Gasteiger partial charge in [0, 0.05) is 18.5 Å². The number of carbonyl (C=O) groups is 2. The zero-order chi connectivity index (χ0) is 32.2. The number of alkyl halides is 3. The summed E-state index contributed by atoms with van der Waals surface area (Å²) in [5.41, 5.74) is 0.00270. The number of nitrogens with one attached hydrogen (secondary N) is 1. The SMILES string of the molecule is Cc1ccccc1CN(C(=O)CN(c1cc(C(F)(F)F)ccc1Cl)S(C)(=O)=O)[C@@H](Cc1ccccc1)C(=O)NC(C)(C)C. The van der Waals surface area contributed by atoms with Gasteiger partial charge in [0.05, 0.1) is 22.5 Å². The molecule has 0 aliphatic carbocycles. The Morgan fingerprint density at radius 3 is 2.12 bits per heavy atom. The van der Waals surface area contributed by atoms with Gasteiger partial charge in [0.15, 0.2) is 0 Å². The fraction of sp³-hybridized carbons (Fsp3) is 0.355. The van der Waals surface area contributed by atoms with Crippen molar-refractivity contribution in [1.82, 2.24) is 10.2 Å². The van der Waals surface area contributed by atoms with Gasteiger partial charge in [-0.25, -0.2) is 8.42 Å². The van der Waals surface area contributed by atoms with E-state index in [1.807, 2.05) is 25.1 Å². The number of hydrogen-bond acceptors (Lipinski definition) is 4. The molecule has 0 bridgehead atoms. The number of hydrogen-bond donors (Lipinski definition) is 1. The fourth-order valence-electron chi connectivity index (χ4n) is 4.45. The van der Waals surface area contributed by atoms with Gasteiger partial charge in [-0.15, -0.1) is 0 Å². The number of amides is 2. The van der Waals surface area contributed by atoms with Crippen molar-refractivity contribution >= 4 is 39.1 Å². The zero-order valence-corrected chi connectivity index (χ0v) is 26.1. The molecular weight excluding hydrogens is 603 g/mol. The van der Waals surface area contributed by atoms with Crippen LogP contribution in [0, 0.1) is 6.92 Å². The van der Waals surface area contributed by atoms with E-state index in [2.05, 4.69) is 5.32 Å². The minimum Gasteiger partial charge on any atom is -0.350 e. The highest BCUT2D eigenvalue weighted by Crippen LogP contribution is 2.36. The zero-order valence-electron chi connectivity index (χ0n) is 24.6. The molecule has 7 nitrogen and oxygen atoms in total. The third-order valence-electron chi connectivity index (χ3n) is 6.59. The van der Waals surface area contributed by atoms with E-state index in [9.17, 15) is 31.2 Å². The van der Waals surface area contributed by atoms with E-state index >= 15 is 0 Å². The number of nitrogens with zero attached hydrogens (tertiary/aromatic N) is 2. The molecule has 0 saturated carbocycles. The summed E-state index contributed by atoms with van der Waals surface area (Å²) in [5, 5.41) is 2.62. The van der Waals surface area contributed by atoms with E-state index in [4.69, 9.17) is 11.6 Å². The van der Waals surface area contributed by atoms with Crippen LogP contribution >= 0.6 is 11.6 Å². The second-order valence-corrected chi connectivity index (χ2v) is 13.6. The first kappa shape index (κ1) is 33.9. The van der Waals surface area contributed by atoms with E-state index in [0.29, 0.717) is 15.9 Å². The van der Waals surface area contributed by atoms with Crippen molar-refractivity contribution in [3.8, 4) is 0 Å². The quantitative estimate of drug-likeness (QED) is 0.296. The van der Waals surface area contributed by atoms with Crippen LogP contribution in [0.4, 0.5) is 18.9 Å². The summed E-state index contributed by atoms with van der Waals surface area (Å²) in [6.45, 7) is 6.26. The summed E-state index contributed by atoms with van der Waals surface area (Å²) in [6, 6.07) is 17.4. The molecule has 1 N–H and O–H groups in total. The lowest BCUT2D eigenvalue weighted by Crippen LogP contribution is -2.56. The average molecular weight is 638 g/mol. The molecule has 232 valence electrons. The monoisotopic (exact) mass is 637 g/mol. The maximum atomic E-state index is 14.2. The van der Waals surface area contributed by atoms with Gasteiger partial charge in [-0.2, -0.15) is 13.2 Å². The van der Waals surface area contributed by atoms with Crippen molar-refractivity contribution in [3.05, 3.63) is 100 Å². The molecule has 3 aromatic rings. The molecule has 12 heteroatoms. The van der Waals surface area contributed by atoms with Crippen LogP contribution in [0.2, 0.25) is 5.02 Å². The Balaban J connectivity index is 2.14. The Morgan fingerprint density at radius 2 is 1.56 bits per heavy atom. The third-order valence-corrected chi connectivity index (χ3v) is 8.04. The third kappa shape index (κ3) is 9.46. The summed E-state index contributed by atoms with van der Waals surface area (Å²) in [6.07, 6.45) is -3.91. The topological polar surface area (TPSA) is 86.8 Å². The van der Waals surface area contributed by atoms with Crippen LogP contribution in [0.5, 0.6) is 0 Å². The van der Waals surface area contributed by atoms with E-state index in [-0.39, 0.29) is 18.0 Å². The summed E-state index contributed by atoms with van der Waals surface area (Å²) in [4.78, 5) is 29.2. The van der Waals surface area contributed by atoms with Crippen molar-refractivity contribution in [2.24, 2.45) is 0 Å². The number of sulfonamides is 1. The molecule has 1 atom stereocenters. The van der Waals surface area contributed by atoms with Gasteiger partial charge in [-0.1, -0.05) is 66.2 Å². The smallest absolute Gasteiger partial charge is 0.350 e. The molecule has 0 fully saturated rings. The maximum absolute atomic E-state index is 14.2. The molecule has 0 radical (unpaired) electrons. The molecule has 0 unspecified atom stereocenters. The van der Waals surface area contributed by atoms with Crippen LogP contribution < -0.4 is 9.62 Å². The predicted octanol–water partition coefficient (Wildman–Crippen LogP) is 5.99. The second-order valence-electron chi connectivity index (χ2n) is 11.3. The lowest BCUT2D eigenvalue weighted by Gasteiger charge is -2.35.